The molecule has 142 valence electrons. The SMILES string of the molecule is Nc1ncnc(OC2CCN(c3ccc(C(=O)N4CCCC4)cn3)CC2)n1. The number of ether oxygens (including phenoxy) is 1. The number of aromatic nitrogens is 4. The molecule has 0 radical (unpaired) electrons. The number of anilines is 2. The summed E-state index contributed by atoms with van der Waals surface area (Å²) in [5.74, 6) is 1.12. The van der Waals surface area contributed by atoms with Crippen molar-refractivity contribution in [3.05, 3.63) is 30.2 Å². The maximum Gasteiger partial charge on any atom is 0.321 e. The highest BCUT2D eigenvalue weighted by Crippen LogP contribution is 2.21. The largest absolute Gasteiger partial charge is 0.460 e. The number of carbonyl (C=O) groups is 1. The highest BCUT2D eigenvalue weighted by Gasteiger charge is 2.23. The van der Waals surface area contributed by atoms with Crippen LogP contribution in [0.5, 0.6) is 6.01 Å². The number of nitrogen functional groups attached to an aromatic ring is 1. The van der Waals surface area contributed by atoms with Crippen LogP contribution >= 0.6 is 0 Å². The van der Waals surface area contributed by atoms with Gasteiger partial charge < -0.3 is 20.3 Å². The summed E-state index contributed by atoms with van der Waals surface area (Å²) >= 11 is 0. The van der Waals surface area contributed by atoms with E-state index in [1.165, 1.54) is 6.33 Å². The Hall–Kier alpha value is -2.97. The molecule has 0 saturated carbocycles. The third-order valence-corrected chi connectivity index (χ3v) is 4.99. The molecule has 9 heteroatoms. The van der Waals surface area contributed by atoms with Crippen LogP contribution in [-0.4, -0.2) is 63.0 Å². The number of amides is 1. The van der Waals surface area contributed by atoms with Gasteiger partial charge in [-0.15, -0.1) is 0 Å². The van der Waals surface area contributed by atoms with E-state index in [0.717, 1.165) is 57.7 Å². The van der Waals surface area contributed by atoms with Crippen LogP contribution in [0.1, 0.15) is 36.0 Å². The molecule has 2 aromatic rings. The number of rotatable bonds is 4. The summed E-state index contributed by atoms with van der Waals surface area (Å²) in [5, 5.41) is 0. The molecular weight excluding hydrogens is 346 g/mol. The van der Waals surface area contributed by atoms with Crippen LogP contribution in [0.3, 0.4) is 0 Å². The second-order valence-corrected chi connectivity index (χ2v) is 6.83. The number of likely N-dealkylation sites (tertiary alicyclic amines) is 1. The van der Waals surface area contributed by atoms with Gasteiger partial charge in [-0.1, -0.05) is 0 Å². The molecule has 2 aliphatic heterocycles. The number of carbonyl (C=O) groups excluding carboxylic acids is 1. The summed E-state index contributed by atoms with van der Waals surface area (Å²) in [6.45, 7) is 3.33. The van der Waals surface area contributed by atoms with Crippen LogP contribution in [0.2, 0.25) is 0 Å². The molecule has 2 aromatic heterocycles. The lowest BCUT2D eigenvalue weighted by atomic mass is 10.1. The second-order valence-electron chi connectivity index (χ2n) is 6.83. The molecule has 1 amide bonds. The molecule has 9 nitrogen and oxygen atoms in total. The summed E-state index contributed by atoms with van der Waals surface area (Å²) in [4.78, 5) is 32.7. The lowest BCUT2D eigenvalue weighted by molar-refractivity contribution is 0.0792. The van der Waals surface area contributed by atoms with Crippen molar-refractivity contribution < 1.29 is 9.53 Å². The van der Waals surface area contributed by atoms with Gasteiger partial charge in [0.05, 0.1) is 5.56 Å². The van der Waals surface area contributed by atoms with Crippen molar-refractivity contribution in [2.75, 3.05) is 36.8 Å². The number of piperidine rings is 1. The topological polar surface area (TPSA) is 110 Å². The summed E-state index contributed by atoms with van der Waals surface area (Å²) in [6.07, 6.45) is 6.92. The van der Waals surface area contributed by atoms with E-state index in [1.54, 1.807) is 6.20 Å². The molecular formula is C18H23N7O2. The van der Waals surface area contributed by atoms with Gasteiger partial charge in [-0.25, -0.2) is 9.97 Å². The van der Waals surface area contributed by atoms with Crippen molar-refractivity contribution in [3.8, 4) is 6.01 Å². The summed E-state index contributed by atoms with van der Waals surface area (Å²) in [6, 6.07) is 4.07. The van der Waals surface area contributed by atoms with E-state index in [9.17, 15) is 4.79 Å². The minimum atomic E-state index is 0.0408. The first-order valence-corrected chi connectivity index (χ1v) is 9.30. The first-order valence-electron chi connectivity index (χ1n) is 9.30. The fraction of sp³-hybridized carbons (Fsp3) is 0.500. The minimum Gasteiger partial charge on any atom is -0.460 e. The third-order valence-electron chi connectivity index (χ3n) is 4.99. The van der Waals surface area contributed by atoms with Gasteiger partial charge in [0.25, 0.3) is 5.91 Å². The minimum absolute atomic E-state index is 0.0408. The zero-order valence-electron chi connectivity index (χ0n) is 15.1. The van der Waals surface area contributed by atoms with Gasteiger partial charge in [-0.05, 0) is 25.0 Å². The maximum absolute atomic E-state index is 12.4. The van der Waals surface area contributed by atoms with Crippen molar-refractivity contribution in [2.45, 2.75) is 31.8 Å². The molecule has 4 heterocycles. The van der Waals surface area contributed by atoms with Crippen molar-refractivity contribution >= 4 is 17.7 Å². The fourth-order valence-corrected chi connectivity index (χ4v) is 3.50. The van der Waals surface area contributed by atoms with E-state index in [0.29, 0.717) is 5.56 Å². The Kier molecular flexibility index (Phi) is 4.99. The molecule has 0 aromatic carbocycles. The van der Waals surface area contributed by atoms with E-state index in [2.05, 4.69) is 24.8 Å². The molecule has 0 spiro atoms. The highest BCUT2D eigenvalue weighted by molar-refractivity contribution is 5.94. The predicted octanol–water partition coefficient (Wildman–Crippen LogP) is 1.13. The summed E-state index contributed by atoms with van der Waals surface area (Å²) in [5.41, 5.74) is 6.21. The molecule has 0 bridgehead atoms. The Morgan fingerprint density at radius 3 is 2.52 bits per heavy atom. The molecule has 27 heavy (non-hydrogen) atoms. The van der Waals surface area contributed by atoms with Crippen molar-refractivity contribution in [1.82, 2.24) is 24.8 Å². The Bertz CT molecular complexity index is 785. The molecule has 2 saturated heterocycles. The molecule has 0 unspecified atom stereocenters. The van der Waals surface area contributed by atoms with E-state index in [4.69, 9.17) is 10.5 Å². The Morgan fingerprint density at radius 1 is 1.07 bits per heavy atom. The van der Waals surface area contributed by atoms with Gasteiger partial charge >= 0.3 is 6.01 Å². The lowest BCUT2D eigenvalue weighted by Crippen LogP contribution is -2.39. The number of nitrogens with two attached hydrogens (primary N) is 1. The van der Waals surface area contributed by atoms with Crippen LogP contribution in [0.25, 0.3) is 0 Å². The van der Waals surface area contributed by atoms with E-state index >= 15 is 0 Å². The molecule has 2 fully saturated rings. The first kappa shape index (κ1) is 17.4. The summed E-state index contributed by atoms with van der Waals surface area (Å²) in [7, 11) is 0. The van der Waals surface area contributed by atoms with E-state index in [-0.39, 0.29) is 24.0 Å². The van der Waals surface area contributed by atoms with Gasteiger partial charge in [0.1, 0.15) is 18.2 Å². The number of pyridine rings is 1. The quantitative estimate of drug-likeness (QED) is 0.854. The zero-order valence-corrected chi connectivity index (χ0v) is 15.1. The van der Waals surface area contributed by atoms with E-state index in [1.807, 2.05) is 17.0 Å². The van der Waals surface area contributed by atoms with Gasteiger partial charge in [0.15, 0.2) is 0 Å². The molecule has 2 N–H and O–H groups in total. The van der Waals surface area contributed by atoms with Gasteiger partial charge in [0.2, 0.25) is 5.95 Å². The van der Waals surface area contributed by atoms with Gasteiger partial charge in [0, 0.05) is 45.2 Å². The smallest absolute Gasteiger partial charge is 0.321 e. The average Bonchev–Trinajstić information content (AvgIpc) is 3.23. The monoisotopic (exact) mass is 369 g/mol. The Morgan fingerprint density at radius 2 is 1.85 bits per heavy atom. The number of hydrogen-bond acceptors (Lipinski definition) is 8. The average molecular weight is 369 g/mol. The molecule has 0 aliphatic carbocycles. The predicted molar refractivity (Wildman–Crippen MR) is 99.5 cm³/mol. The Labute approximate surface area is 157 Å². The van der Waals surface area contributed by atoms with Gasteiger partial charge in [-0.2, -0.15) is 9.97 Å². The highest BCUT2D eigenvalue weighted by atomic mass is 16.5. The first-order chi connectivity index (χ1) is 13.2. The van der Waals surface area contributed by atoms with Crippen LogP contribution in [0, 0.1) is 0 Å². The lowest BCUT2D eigenvalue weighted by Gasteiger charge is -2.32. The fourth-order valence-electron chi connectivity index (χ4n) is 3.50. The number of hydrogen-bond donors (Lipinski definition) is 1. The van der Waals surface area contributed by atoms with Crippen molar-refractivity contribution in [3.63, 3.8) is 0 Å². The normalized spacial score (nSPS) is 17.9. The van der Waals surface area contributed by atoms with Crippen LogP contribution in [0.4, 0.5) is 11.8 Å². The van der Waals surface area contributed by atoms with Crippen LogP contribution in [0.15, 0.2) is 24.7 Å². The second kappa shape index (κ2) is 7.73. The van der Waals surface area contributed by atoms with Crippen molar-refractivity contribution in [1.29, 1.82) is 0 Å². The molecule has 0 atom stereocenters. The van der Waals surface area contributed by atoms with Gasteiger partial charge in [-0.3, -0.25) is 4.79 Å². The molecule has 2 aliphatic rings. The summed E-state index contributed by atoms with van der Waals surface area (Å²) < 4.78 is 5.79. The third kappa shape index (κ3) is 4.07. The number of nitrogens with zero attached hydrogens (tertiary/aromatic N) is 6. The Balaban J connectivity index is 1.32. The molecule has 4 rings (SSSR count). The maximum atomic E-state index is 12.4. The van der Waals surface area contributed by atoms with Crippen LogP contribution in [-0.2, 0) is 0 Å². The zero-order chi connectivity index (χ0) is 18.6. The van der Waals surface area contributed by atoms with Crippen LogP contribution < -0.4 is 15.4 Å². The van der Waals surface area contributed by atoms with E-state index < -0.39 is 0 Å². The standard InChI is InChI=1S/C18H23N7O2/c19-17-21-12-22-18(23-17)27-14-5-9-24(10-6-14)15-4-3-13(11-20-15)16(26)25-7-1-2-8-25/h3-4,11-12,14H,1-2,5-10H2,(H2,19,21,22,23). The van der Waals surface area contributed by atoms with Crippen molar-refractivity contribution in [2.24, 2.45) is 0 Å².